The summed E-state index contributed by atoms with van der Waals surface area (Å²) < 4.78 is 5.45. The van der Waals surface area contributed by atoms with Crippen LogP contribution in [0, 0.1) is 0 Å². The molecule has 2 aromatic carbocycles. The van der Waals surface area contributed by atoms with E-state index in [9.17, 15) is 9.59 Å². The third-order valence-corrected chi connectivity index (χ3v) is 5.08. The first kappa shape index (κ1) is 21.9. The van der Waals surface area contributed by atoms with Crippen molar-refractivity contribution in [3.63, 3.8) is 0 Å². The van der Waals surface area contributed by atoms with E-state index in [1.807, 2.05) is 13.8 Å². The van der Waals surface area contributed by atoms with Gasteiger partial charge in [-0.3, -0.25) is 9.59 Å². The number of nitrogens with zero attached hydrogens (tertiary/aromatic N) is 2. The topological polar surface area (TPSA) is 75.4 Å². The third-order valence-electron chi connectivity index (χ3n) is 4.52. The maximum Gasteiger partial charge on any atom is 0.255 e. The van der Waals surface area contributed by atoms with Gasteiger partial charge >= 0.3 is 0 Å². The smallest absolute Gasteiger partial charge is 0.255 e. The van der Waals surface area contributed by atoms with Crippen LogP contribution in [0.5, 0.6) is 0 Å². The van der Waals surface area contributed by atoms with Crippen molar-refractivity contribution in [2.75, 3.05) is 18.4 Å². The zero-order valence-corrected chi connectivity index (χ0v) is 18.1. The van der Waals surface area contributed by atoms with Crippen molar-refractivity contribution in [2.24, 2.45) is 0 Å². The number of amides is 2. The summed E-state index contributed by atoms with van der Waals surface area (Å²) in [5.74, 6) is 0.00169. The molecule has 0 aliphatic carbocycles. The molecule has 0 saturated carbocycles. The van der Waals surface area contributed by atoms with Crippen molar-refractivity contribution in [2.45, 2.75) is 20.3 Å². The summed E-state index contributed by atoms with van der Waals surface area (Å²) in [5.41, 5.74) is 2.17. The molecule has 156 valence electrons. The van der Waals surface area contributed by atoms with Crippen LogP contribution < -0.4 is 5.32 Å². The number of hydrogen-bond acceptors (Lipinski definition) is 4. The predicted octanol–water partition coefficient (Wildman–Crippen LogP) is 5.31. The van der Waals surface area contributed by atoms with E-state index in [0.717, 1.165) is 5.56 Å². The predicted molar refractivity (Wildman–Crippen MR) is 118 cm³/mol. The Kier molecular flexibility index (Phi) is 7.13. The summed E-state index contributed by atoms with van der Waals surface area (Å²) in [6, 6.07) is 11.9. The standard InChI is InChI=1S/C22H21Cl2N3O3/c1-3-27(4-2)22(29)18-10-9-16(11-19(18)24)25-20(28)12-17-13-30-21(26-17)14-5-7-15(23)8-6-14/h5-11,13H,3-4,12H2,1-2H3,(H,25,28). The molecular weight excluding hydrogens is 425 g/mol. The van der Waals surface area contributed by atoms with E-state index in [1.54, 1.807) is 47.4 Å². The SMILES string of the molecule is CCN(CC)C(=O)c1ccc(NC(=O)Cc2coc(-c3ccc(Cl)cc3)n2)cc1Cl. The van der Waals surface area contributed by atoms with Gasteiger partial charge in [0.2, 0.25) is 11.8 Å². The van der Waals surface area contributed by atoms with Crippen LogP contribution in [0.25, 0.3) is 11.5 Å². The van der Waals surface area contributed by atoms with E-state index in [-0.39, 0.29) is 23.3 Å². The Labute approximate surface area is 184 Å². The van der Waals surface area contributed by atoms with Gasteiger partial charge in [0.25, 0.3) is 5.91 Å². The number of carbonyl (C=O) groups is 2. The summed E-state index contributed by atoms with van der Waals surface area (Å²) in [4.78, 5) is 30.9. The molecule has 0 fully saturated rings. The molecule has 8 heteroatoms. The second-order valence-electron chi connectivity index (χ2n) is 6.55. The highest BCUT2D eigenvalue weighted by atomic mass is 35.5. The number of hydrogen-bond donors (Lipinski definition) is 1. The molecule has 1 heterocycles. The molecule has 0 bridgehead atoms. The van der Waals surface area contributed by atoms with Gasteiger partial charge in [-0.2, -0.15) is 0 Å². The van der Waals surface area contributed by atoms with Gasteiger partial charge in [-0.1, -0.05) is 23.2 Å². The summed E-state index contributed by atoms with van der Waals surface area (Å²) in [5, 5.41) is 3.67. The molecule has 3 rings (SSSR count). The van der Waals surface area contributed by atoms with Gasteiger partial charge in [0.1, 0.15) is 6.26 Å². The van der Waals surface area contributed by atoms with Crippen molar-refractivity contribution < 1.29 is 14.0 Å². The molecule has 2 amide bonds. The highest BCUT2D eigenvalue weighted by molar-refractivity contribution is 6.34. The van der Waals surface area contributed by atoms with E-state index in [1.165, 1.54) is 6.26 Å². The maximum atomic E-state index is 12.5. The average Bonchev–Trinajstić information content (AvgIpc) is 3.17. The largest absolute Gasteiger partial charge is 0.444 e. The third kappa shape index (κ3) is 5.20. The summed E-state index contributed by atoms with van der Waals surface area (Å²) in [6.45, 7) is 5.01. The van der Waals surface area contributed by atoms with E-state index in [0.29, 0.717) is 40.9 Å². The molecule has 0 aliphatic heterocycles. The Balaban J connectivity index is 1.64. The summed E-state index contributed by atoms with van der Waals surface area (Å²) in [6.07, 6.45) is 1.48. The quantitative estimate of drug-likeness (QED) is 0.534. The molecule has 6 nitrogen and oxygen atoms in total. The highest BCUT2D eigenvalue weighted by Gasteiger charge is 2.17. The van der Waals surface area contributed by atoms with Gasteiger partial charge in [0.05, 0.1) is 22.7 Å². The van der Waals surface area contributed by atoms with Crippen molar-refractivity contribution in [3.8, 4) is 11.5 Å². The number of halogens is 2. The lowest BCUT2D eigenvalue weighted by Crippen LogP contribution is -2.30. The minimum atomic E-state index is -0.273. The monoisotopic (exact) mass is 445 g/mol. The summed E-state index contributed by atoms with van der Waals surface area (Å²) in [7, 11) is 0. The maximum absolute atomic E-state index is 12.5. The molecule has 0 atom stereocenters. The van der Waals surface area contributed by atoms with Crippen LogP contribution in [0.15, 0.2) is 53.1 Å². The number of benzene rings is 2. The molecule has 0 spiro atoms. The van der Waals surface area contributed by atoms with Crippen molar-refractivity contribution >= 4 is 40.7 Å². The van der Waals surface area contributed by atoms with Crippen molar-refractivity contribution in [3.05, 3.63) is 70.0 Å². The van der Waals surface area contributed by atoms with Gasteiger partial charge in [0, 0.05) is 29.4 Å². The van der Waals surface area contributed by atoms with Crippen molar-refractivity contribution in [1.82, 2.24) is 9.88 Å². The Morgan fingerprint density at radius 1 is 1.07 bits per heavy atom. The Morgan fingerprint density at radius 3 is 2.40 bits per heavy atom. The van der Waals surface area contributed by atoms with Gasteiger partial charge in [-0.05, 0) is 56.3 Å². The zero-order valence-electron chi connectivity index (χ0n) is 16.6. The Morgan fingerprint density at radius 2 is 1.77 bits per heavy atom. The molecule has 0 aliphatic rings. The molecule has 0 unspecified atom stereocenters. The van der Waals surface area contributed by atoms with E-state index in [4.69, 9.17) is 27.6 Å². The molecular formula is C22H21Cl2N3O3. The van der Waals surface area contributed by atoms with Crippen LogP contribution in [-0.4, -0.2) is 34.8 Å². The van der Waals surface area contributed by atoms with Crippen molar-refractivity contribution in [1.29, 1.82) is 0 Å². The molecule has 1 aromatic heterocycles. The average molecular weight is 446 g/mol. The number of carbonyl (C=O) groups excluding carboxylic acids is 2. The number of oxazole rings is 1. The second kappa shape index (κ2) is 9.78. The normalized spacial score (nSPS) is 10.7. The fourth-order valence-electron chi connectivity index (χ4n) is 2.93. The van der Waals surface area contributed by atoms with Crippen LogP contribution in [0.3, 0.4) is 0 Å². The number of nitrogens with one attached hydrogen (secondary N) is 1. The molecule has 0 radical (unpaired) electrons. The van der Waals surface area contributed by atoms with Crippen LogP contribution >= 0.6 is 23.2 Å². The molecule has 0 saturated heterocycles. The summed E-state index contributed by atoms with van der Waals surface area (Å²) >= 11 is 12.2. The zero-order chi connectivity index (χ0) is 21.7. The van der Waals surface area contributed by atoms with Gasteiger partial charge in [-0.15, -0.1) is 0 Å². The van der Waals surface area contributed by atoms with E-state index >= 15 is 0 Å². The van der Waals surface area contributed by atoms with E-state index in [2.05, 4.69) is 10.3 Å². The van der Waals surface area contributed by atoms with Crippen LogP contribution in [0.1, 0.15) is 29.9 Å². The van der Waals surface area contributed by atoms with Crippen LogP contribution in [-0.2, 0) is 11.2 Å². The highest BCUT2D eigenvalue weighted by Crippen LogP contribution is 2.24. The fourth-order valence-corrected chi connectivity index (χ4v) is 3.32. The van der Waals surface area contributed by atoms with Gasteiger partial charge in [0.15, 0.2) is 0 Å². The van der Waals surface area contributed by atoms with Gasteiger partial charge in [-0.25, -0.2) is 4.98 Å². The number of anilines is 1. The number of aromatic nitrogens is 1. The van der Waals surface area contributed by atoms with E-state index < -0.39 is 0 Å². The second-order valence-corrected chi connectivity index (χ2v) is 7.39. The fraction of sp³-hybridized carbons (Fsp3) is 0.227. The van der Waals surface area contributed by atoms with Crippen LogP contribution in [0.4, 0.5) is 5.69 Å². The first-order valence-corrected chi connectivity index (χ1v) is 10.3. The lowest BCUT2D eigenvalue weighted by molar-refractivity contribution is -0.115. The molecule has 1 N–H and O–H groups in total. The first-order valence-electron chi connectivity index (χ1n) is 9.50. The Hall–Kier alpha value is -2.83. The minimum absolute atomic E-state index is 0.0365. The minimum Gasteiger partial charge on any atom is -0.444 e. The molecule has 30 heavy (non-hydrogen) atoms. The lowest BCUT2D eigenvalue weighted by atomic mass is 10.1. The Bertz CT molecular complexity index is 1040. The number of rotatable bonds is 7. The lowest BCUT2D eigenvalue weighted by Gasteiger charge is -2.19. The van der Waals surface area contributed by atoms with Crippen LogP contribution in [0.2, 0.25) is 10.0 Å². The molecule has 3 aromatic rings. The first-order chi connectivity index (χ1) is 14.4. The van der Waals surface area contributed by atoms with Gasteiger partial charge < -0.3 is 14.6 Å².